The Bertz CT molecular complexity index is 1100. The van der Waals surface area contributed by atoms with Crippen molar-refractivity contribution in [1.29, 1.82) is 0 Å². The fourth-order valence-corrected chi connectivity index (χ4v) is 4.02. The molecule has 0 amide bonds. The van der Waals surface area contributed by atoms with E-state index in [0.717, 1.165) is 5.69 Å². The largest absolute Gasteiger partial charge is 0.486 e. The van der Waals surface area contributed by atoms with E-state index in [2.05, 4.69) is 20.2 Å². The highest BCUT2D eigenvalue weighted by molar-refractivity contribution is 7.92. The minimum atomic E-state index is -3.73. The van der Waals surface area contributed by atoms with E-state index in [9.17, 15) is 8.42 Å². The average molecular weight is 398 g/mol. The second kappa shape index (κ2) is 7.35. The van der Waals surface area contributed by atoms with Crippen molar-refractivity contribution in [2.24, 2.45) is 0 Å². The molecule has 28 heavy (non-hydrogen) atoms. The van der Waals surface area contributed by atoms with Crippen LogP contribution in [0.1, 0.15) is 5.56 Å². The Morgan fingerprint density at radius 3 is 2.36 bits per heavy atom. The first-order chi connectivity index (χ1) is 13.5. The Morgan fingerprint density at radius 1 is 0.893 bits per heavy atom. The Kier molecular flexibility index (Phi) is 4.74. The first kappa shape index (κ1) is 18.1. The van der Waals surface area contributed by atoms with Gasteiger partial charge in [0.2, 0.25) is 0 Å². The van der Waals surface area contributed by atoms with Gasteiger partial charge in [-0.2, -0.15) is 0 Å². The molecule has 2 N–H and O–H groups in total. The number of nitrogens with zero attached hydrogens (tertiary/aromatic N) is 2. The molecular weight excluding hydrogens is 380 g/mol. The van der Waals surface area contributed by atoms with Crippen LogP contribution in [-0.4, -0.2) is 31.8 Å². The van der Waals surface area contributed by atoms with Crippen LogP contribution in [0.2, 0.25) is 0 Å². The monoisotopic (exact) mass is 398 g/mol. The number of fused-ring (bicyclic) bond motifs is 1. The number of rotatable bonds is 5. The fraction of sp³-hybridized carbons (Fsp3) is 0.158. The summed E-state index contributed by atoms with van der Waals surface area (Å²) in [4.78, 5) is 0.204. The summed E-state index contributed by atoms with van der Waals surface area (Å²) >= 11 is 0. The fourth-order valence-electron chi connectivity index (χ4n) is 2.77. The van der Waals surface area contributed by atoms with Crippen LogP contribution in [0, 0.1) is 6.92 Å². The molecule has 0 aliphatic carbocycles. The molecule has 0 spiro atoms. The summed E-state index contributed by atoms with van der Waals surface area (Å²) < 4.78 is 38.5. The summed E-state index contributed by atoms with van der Waals surface area (Å²) in [5.41, 5.74) is 1.41. The molecule has 2 heterocycles. The minimum absolute atomic E-state index is 0.135. The summed E-state index contributed by atoms with van der Waals surface area (Å²) in [7, 11) is -3.73. The van der Waals surface area contributed by atoms with Crippen LogP contribution in [0.25, 0.3) is 0 Å². The third-order valence-electron chi connectivity index (χ3n) is 4.10. The van der Waals surface area contributed by atoms with Gasteiger partial charge in [-0.25, -0.2) is 8.42 Å². The minimum Gasteiger partial charge on any atom is -0.486 e. The van der Waals surface area contributed by atoms with Gasteiger partial charge in [0, 0.05) is 11.8 Å². The second-order valence-corrected chi connectivity index (χ2v) is 7.81. The number of sulfonamides is 1. The number of ether oxygens (including phenoxy) is 2. The Hall–Kier alpha value is -3.33. The average Bonchev–Trinajstić information content (AvgIpc) is 2.69. The Morgan fingerprint density at radius 2 is 1.61 bits per heavy atom. The van der Waals surface area contributed by atoms with Gasteiger partial charge in [-0.1, -0.05) is 18.2 Å². The van der Waals surface area contributed by atoms with Crippen molar-refractivity contribution in [2.75, 3.05) is 23.3 Å². The van der Waals surface area contributed by atoms with Crippen LogP contribution in [0.3, 0.4) is 0 Å². The summed E-state index contributed by atoms with van der Waals surface area (Å²) in [6.07, 6.45) is 0. The standard InChI is InChI=1S/C19H18N4O4S/c1-13-4-2-3-5-17(13)28(24,25)23-19-9-8-18(21-22-19)20-14-6-7-15-16(12-14)27-11-10-26-15/h2-9,12H,10-11H2,1H3,(H,20,21)(H,22,23). The maximum Gasteiger partial charge on any atom is 0.263 e. The van der Waals surface area contributed by atoms with Gasteiger partial charge in [0.15, 0.2) is 23.1 Å². The van der Waals surface area contributed by atoms with E-state index in [4.69, 9.17) is 9.47 Å². The van der Waals surface area contributed by atoms with E-state index >= 15 is 0 Å². The number of benzene rings is 2. The molecule has 1 aliphatic heterocycles. The van der Waals surface area contributed by atoms with Gasteiger partial charge in [0.1, 0.15) is 13.2 Å². The molecule has 0 saturated heterocycles. The lowest BCUT2D eigenvalue weighted by Gasteiger charge is -2.19. The van der Waals surface area contributed by atoms with E-state index in [0.29, 0.717) is 36.1 Å². The molecule has 2 aromatic carbocycles. The van der Waals surface area contributed by atoms with Crippen LogP contribution >= 0.6 is 0 Å². The van der Waals surface area contributed by atoms with E-state index in [-0.39, 0.29) is 10.7 Å². The Labute approximate surface area is 162 Å². The molecule has 0 bridgehead atoms. The van der Waals surface area contributed by atoms with Crippen molar-refractivity contribution < 1.29 is 17.9 Å². The molecule has 4 rings (SSSR count). The lowest BCUT2D eigenvalue weighted by atomic mass is 10.2. The molecular formula is C19H18N4O4S. The molecule has 144 valence electrons. The number of hydrogen-bond donors (Lipinski definition) is 2. The van der Waals surface area contributed by atoms with Crippen molar-refractivity contribution in [3.8, 4) is 11.5 Å². The van der Waals surface area contributed by atoms with Crippen LogP contribution in [0.5, 0.6) is 11.5 Å². The van der Waals surface area contributed by atoms with Crippen LogP contribution < -0.4 is 19.5 Å². The van der Waals surface area contributed by atoms with E-state index < -0.39 is 10.0 Å². The van der Waals surface area contributed by atoms with Crippen LogP contribution in [-0.2, 0) is 10.0 Å². The number of hydrogen-bond acceptors (Lipinski definition) is 7. The molecule has 0 atom stereocenters. The van der Waals surface area contributed by atoms with Crippen LogP contribution in [0.15, 0.2) is 59.5 Å². The van der Waals surface area contributed by atoms with E-state index in [1.807, 2.05) is 18.2 Å². The Balaban J connectivity index is 1.48. The van der Waals surface area contributed by atoms with Crippen molar-refractivity contribution in [3.05, 3.63) is 60.2 Å². The van der Waals surface area contributed by atoms with Gasteiger partial charge in [-0.3, -0.25) is 4.72 Å². The highest BCUT2D eigenvalue weighted by atomic mass is 32.2. The molecule has 1 aliphatic rings. The van der Waals surface area contributed by atoms with E-state index in [1.54, 1.807) is 43.3 Å². The summed E-state index contributed by atoms with van der Waals surface area (Å²) in [6.45, 7) is 2.78. The summed E-state index contributed by atoms with van der Waals surface area (Å²) in [5, 5.41) is 11.1. The number of nitrogens with one attached hydrogen (secondary N) is 2. The van der Waals surface area contributed by atoms with Crippen molar-refractivity contribution in [3.63, 3.8) is 0 Å². The molecule has 8 nitrogen and oxygen atoms in total. The first-order valence-electron chi connectivity index (χ1n) is 8.60. The van der Waals surface area contributed by atoms with Gasteiger partial charge in [-0.05, 0) is 42.8 Å². The zero-order valence-electron chi connectivity index (χ0n) is 15.0. The predicted molar refractivity (Wildman–Crippen MR) is 105 cm³/mol. The van der Waals surface area contributed by atoms with Gasteiger partial charge < -0.3 is 14.8 Å². The third-order valence-corrected chi connectivity index (χ3v) is 5.62. The summed E-state index contributed by atoms with van der Waals surface area (Å²) in [6, 6.07) is 15.4. The molecule has 0 saturated carbocycles. The molecule has 3 aromatic rings. The second-order valence-electron chi connectivity index (χ2n) is 6.16. The highest BCUT2D eigenvalue weighted by Crippen LogP contribution is 2.33. The maximum atomic E-state index is 12.5. The van der Waals surface area contributed by atoms with Crippen molar-refractivity contribution >= 4 is 27.3 Å². The SMILES string of the molecule is Cc1ccccc1S(=O)(=O)Nc1ccc(Nc2ccc3c(c2)OCCO3)nn1. The molecule has 1 aromatic heterocycles. The zero-order valence-corrected chi connectivity index (χ0v) is 15.9. The lowest BCUT2D eigenvalue weighted by molar-refractivity contribution is 0.171. The quantitative estimate of drug-likeness (QED) is 0.681. The van der Waals surface area contributed by atoms with Gasteiger partial charge in [0.25, 0.3) is 10.0 Å². The number of anilines is 3. The highest BCUT2D eigenvalue weighted by Gasteiger charge is 2.17. The van der Waals surface area contributed by atoms with Gasteiger partial charge in [0.05, 0.1) is 4.90 Å². The molecule has 0 fully saturated rings. The zero-order chi connectivity index (χ0) is 19.6. The number of aryl methyl sites for hydroxylation is 1. The van der Waals surface area contributed by atoms with E-state index in [1.165, 1.54) is 0 Å². The maximum absolute atomic E-state index is 12.5. The molecule has 9 heteroatoms. The van der Waals surface area contributed by atoms with Crippen molar-refractivity contribution in [2.45, 2.75) is 11.8 Å². The summed E-state index contributed by atoms with van der Waals surface area (Å²) in [5.74, 6) is 1.96. The topological polar surface area (TPSA) is 102 Å². The predicted octanol–water partition coefficient (Wildman–Crippen LogP) is 3.10. The molecule has 0 unspecified atom stereocenters. The lowest BCUT2D eigenvalue weighted by Crippen LogP contribution is -2.15. The van der Waals surface area contributed by atoms with Gasteiger partial charge >= 0.3 is 0 Å². The van der Waals surface area contributed by atoms with Crippen LogP contribution in [0.4, 0.5) is 17.3 Å². The third kappa shape index (κ3) is 3.84. The first-order valence-corrected chi connectivity index (χ1v) is 10.1. The number of aromatic nitrogens is 2. The molecule has 0 radical (unpaired) electrons. The normalized spacial score (nSPS) is 13.0. The van der Waals surface area contributed by atoms with Gasteiger partial charge in [-0.15, -0.1) is 10.2 Å². The smallest absolute Gasteiger partial charge is 0.263 e. The van der Waals surface area contributed by atoms with Crippen molar-refractivity contribution in [1.82, 2.24) is 10.2 Å².